The number of nitrogens with zero attached hydrogens (tertiary/aromatic N) is 3. The highest BCUT2D eigenvalue weighted by atomic mass is 35.5. The van der Waals surface area contributed by atoms with Crippen LogP contribution in [0.4, 0.5) is 17.3 Å². The van der Waals surface area contributed by atoms with Gasteiger partial charge < -0.3 is 20.6 Å². The molecule has 28 heavy (non-hydrogen) atoms. The smallest absolute Gasteiger partial charge is 0.229 e. The van der Waals surface area contributed by atoms with Crippen LogP contribution in [-0.4, -0.2) is 23.5 Å². The Morgan fingerprint density at radius 3 is 2.29 bits per heavy atom. The molecular weight excluding hydrogens is 418 g/mol. The molecule has 1 heterocycles. The molecule has 0 saturated carbocycles. The van der Waals surface area contributed by atoms with Crippen molar-refractivity contribution >= 4 is 56.3 Å². The highest BCUT2D eigenvalue weighted by Gasteiger charge is 2.12. The highest BCUT2D eigenvalue weighted by Crippen LogP contribution is 2.25. The molecule has 0 aliphatic carbocycles. The minimum atomic E-state index is -3.91. The molecule has 0 amide bonds. The Morgan fingerprint density at radius 1 is 1.04 bits per heavy atom. The first-order valence-corrected chi connectivity index (χ1v) is 10.3. The van der Waals surface area contributed by atoms with Crippen molar-refractivity contribution in [3.8, 4) is 0 Å². The molecule has 3 rings (SSSR count). The van der Waals surface area contributed by atoms with Crippen molar-refractivity contribution in [3.05, 3.63) is 76.2 Å². The molecular formula is C18H15ClN5O2S2-. The van der Waals surface area contributed by atoms with Gasteiger partial charge in [0, 0.05) is 22.3 Å². The van der Waals surface area contributed by atoms with Crippen LogP contribution >= 0.6 is 23.8 Å². The lowest BCUT2D eigenvalue weighted by Gasteiger charge is -2.14. The van der Waals surface area contributed by atoms with Crippen molar-refractivity contribution in [1.82, 2.24) is 9.97 Å². The SMILES string of the molecule is Cc1ccc(NC(=S)Nc2ccc(S(=O)(=O)[N-]c3ncccn3)cc2)cc1Cl. The van der Waals surface area contributed by atoms with Crippen LogP contribution in [0.1, 0.15) is 5.56 Å². The minimum absolute atomic E-state index is 0.0229. The van der Waals surface area contributed by atoms with E-state index in [0.29, 0.717) is 15.8 Å². The van der Waals surface area contributed by atoms with E-state index in [9.17, 15) is 8.42 Å². The monoisotopic (exact) mass is 432 g/mol. The summed E-state index contributed by atoms with van der Waals surface area (Å²) in [5, 5.41) is 6.98. The van der Waals surface area contributed by atoms with Gasteiger partial charge in [-0.15, -0.1) is 0 Å². The zero-order valence-electron chi connectivity index (χ0n) is 14.6. The number of hydrogen-bond acceptors (Lipinski definition) is 5. The second-order valence-electron chi connectivity index (χ2n) is 5.68. The molecule has 7 nitrogen and oxygen atoms in total. The normalized spacial score (nSPS) is 10.9. The van der Waals surface area contributed by atoms with E-state index < -0.39 is 10.0 Å². The number of aryl methyl sites for hydroxylation is 1. The van der Waals surface area contributed by atoms with E-state index in [1.165, 1.54) is 24.5 Å². The summed E-state index contributed by atoms with van der Waals surface area (Å²) in [6, 6.07) is 13.1. The lowest BCUT2D eigenvalue weighted by molar-refractivity contribution is 0.603. The van der Waals surface area contributed by atoms with Gasteiger partial charge in [-0.2, -0.15) is 0 Å². The second kappa shape index (κ2) is 8.51. The number of sulfonamides is 1. The maximum atomic E-state index is 12.3. The molecule has 0 fully saturated rings. The fourth-order valence-electron chi connectivity index (χ4n) is 2.17. The number of nitrogens with one attached hydrogen (secondary N) is 2. The summed E-state index contributed by atoms with van der Waals surface area (Å²) in [4.78, 5) is 7.61. The second-order valence-corrected chi connectivity index (χ2v) is 8.10. The van der Waals surface area contributed by atoms with Crippen molar-refractivity contribution in [2.24, 2.45) is 0 Å². The standard InChI is InChI=1S/C18H16ClN5O2S2/c1-12-3-4-14(11-16(12)19)23-18(27)22-13-5-7-15(8-6-13)28(25,26)24-17-20-9-2-10-21-17/h2-11H,1H3,(H3,20,21,22,23,24,27)/p-1. The third kappa shape index (κ3) is 5.16. The third-order valence-corrected chi connectivity index (χ3v) is 5.48. The van der Waals surface area contributed by atoms with E-state index >= 15 is 0 Å². The van der Waals surface area contributed by atoms with Gasteiger partial charge in [0.25, 0.3) is 0 Å². The van der Waals surface area contributed by atoms with E-state index in [0.717, 1.165) is 11.3 Å². The number of rotatable bonds is 5. The van der Waals surface area contributed by atoms with Crippen LogP contribution in [-0.2, 0) is 10.0 Å². The molecule has 0 spiro atoms. The summed E-state index contributed by atoms with van der Waals surface area (Å²) in [5.74, 6) is -0.119. The number of aromatic nitrogens is 2. The fraction of sp³-hybridized carbons (Fsp3) is 0.0556. The largest absolute Gasteiger partial charge is 0.366 e. The van der Waals surface area contributed by atoms with Crippen LogP contribution in [0, 0.1) is 6.92 Å². The van der Waals surface area contributed by atoms with Crippen LogP contribution in [0.25, 0.3) is 4.72 Å². The van der Waals surface area contributed by atoms with Gasteiger partial charge in [-0.1, -0.05) is 23.7 Å². The van der Waals surface area contributed by atoms with E-state index in [2.05, 4.69) is 25.3 Å². The van der Waals surface area contributed by atoms with Gasteiger partial charge >= 0.3 is 0 Å². The maximum Gasteiger partial charge on any atom is 0.229 e. The van der Waals surface area contributed by atoms with Crippen molar-refractivity contribution in [2.45, 2.75) is 11.8 Å². The van der Waals surface area contributed by atoms with Crippen molar-refractivity contribution in [3.63, 3.8) is 0 Å². The topological polar surface area (TPSA) is 98.1 Å². The van der Waals surface area contributed by atoms with Crippen molar-refractivity contribution < 1.29 is 8.42 Å². The summed E-state index contributed by atoms with van der Waals surface area (Å²) >= 11 is 11.4. The number of thiocarbonyl (C=S) groups is 1. The van der Waals surface area contributed by atoms with Crippen LogP contribution in [0.15, 0.2) is 65.8 Å². The zero-order chi connectivity index (χ0) is 20.1. The number of hydrogen-bond donors (Lipinski definition) is 2. The van der Waals surface area contributed by atoms with E-state index in [1.807, 2.05) is 19.1 Å². The predicted octanol–water partition coefficient (Wildman–Crippen LogP) is 4.64. The predicted molar refractivity (Wildman–Crippen MR) is 115 cm³/mol. The molecule has 2 aromatic carbocycles. The lowest BCUT2D eigenvalue weighted by Crippen LogP contribution is -2.19. The summed E-state index contributed by atoms with van der Waals surface area (Å²) in [7, 11) is -3.91. The van der Waals surface area contributed by atoms with Gasteiger partial charge in [-0.3, -0.25) is 4.72 Å². The molecule has 2 N–H and O–H groups in total. The number of anilines is 2. The van der Waals surface area contributed by atoms with Crippen LogP contribution in [0.5, 0.6) is 0 Å². The molecule has 144 valence electrons. The minimum Gasteiger partial charge on any atom is -0.366 e. The quantitative estimate of drug-likeness (QED) is 0.566. The molecule has 0 bridgehead atoms. The van der Waals surface area contributed by atoms with Gasteiger partial charge in [0.1, 0.15) is 0 Å². The van der Waals surface area contributed by atoms with Gasteiger partial charge in [0.2, 0.25) is 10.0 Å². The summed E-state index contributed by atoms with van der Waals surface area (Å²) in [6.45, 7) is 1.91. The Kier molecular flexibility index (Phi) is 6.08. The summed E-state index contributed by atoms with van der Waals surface area (Å²) in [5.41, 5.74) is 2.33. The van der Waals surface area contributed by atoms with Crippen LogP contribution in [0.3, 0.4) is 0 Å². The van der Waals surface area contributed by atoms with Crippen LogP contribution in [0.2, 0.25) is 5.02 Å². The Morgan fingerprint density at radius 2 is 1.64 bits per heavy atom. The van der Waals surface area contributed by atoms with Gasteiger partial charge in [0.05, 0.1) is 4.90 Å². The van der Waals surface area contributed by atoms with E-state index in [4.69, 9.17) is 23.8 Å². The molecule has 0 aliphatic heterocycles. The molecule has 1 aromatic heterocycles. The van der Waals surface area contributed by atoms with Crippen LogP contribution < -0.4 is 10.6 Å². The molecule has 0 radical (unpaired) electrons. The molecule has 0 atom stereocenters. The molecule has 0 saturated heterocycles. The van der Waals surface area contributed by atoms with Gasteiger partial charge in [0.15, 0.2) is 5.11 Å². The first kappa shape index (κ1) is 20.0. The van der Waals surface area contributed by atoms with Crippen molar-refractivity contribution in [2.75, 3.05) is 10.6 Å². The third-order valence-electron chi connectivity index (χ3n) is 3.59. The Bertz CT molecular complexity index is 1090. The Labute approximate surface area is 173 Å². The summed E-state index contributed by atoms with van der Waals surface area (Å²) < 4.78 is 28.2. The zero-order valence-corrected chi connectivity index (χ0v) is 17.0. The maximum absolute atomic E-state index is 12.3. The van der Waals surface area contributed by atoms with E-state index in [1.54, 1.807) is 24.3 Å². The van der Waals surface area contributed by atoms with Gasteiger partial charge in [-0.25, -0.2) is 8.42 Å². The lowest BCUT2D eigenvalue weighted by atomic mass is 10.2. The average Bonchev–Trinajstić information content (AvgIpc) is 2.65. The van der Waals surface area contributed by atoms with E-state index in [-0.39, 0.29) is 10.8 Å². The molecule has 10 heteroatoms. The average molecular weight is 433 g/mol. The fourth-order valence-corrected chi connectivity index (χ4v) is 3.48. The van der Waals surface area contributed by atoms with Crippen molar-refractivity contribution in [1.29, 1.82) is 0 Å². The summed E-state index contributed by atoms with van der Waals surface area (Å²) in [6.07, 6.45) is 2.84. The highest BCUT2D eigenvalue weighted by molar-refractivity contribution is 7.94. The number of benzene rings is 2. The molecule has 0 aliphatic rings. The molecule has 3 aromatic rings. The first-order chi connectivity index (χ1) is 13.3. The number of halogens is 1. The Hall–Kier alpha value is -2.75. The van der Waals surface area contributed by atoms with Gasteiger partial charge in [-0.05, 0) is 73.5 Å². The Balaban J connectivity index is 1.65. The first-order valence-electron chi connectivity index (χ1n) is 8.03. The molecule has 0 unspecified atom stereocenters.